The Morgan fingerprint density at radius 1 is 1.56 bits per heavy atom. The molecule has 0 spiro atoms. The molecule has 1 amide bonds. The van der Waals surface area contributed by atoms with Crippen molar-refractivity contribution in [2.75, 3.05) is 11.5 Å². The van der Waals surface area contributed by atoms with Gasteiger partial charge in [-0.25, -0.2) is 4.79 Å². The third kappa shape index (κ3) is 1.39. The predicted molar refractivity (Wildman–Crippen MR) is 65.9 cm³/mol. The normalized spacial score (nSPS) is 36.0. The van der Waals surface area contributed by atoms with E-state index in [0.717, 1.165) is 23.5 Å². The maximum absolute atomic E-state index is 12.0. The predicted octanol–water partition coefficient (Wildman–Crippen LogP) is 0.300. The first-order valence-corrected chi connectivity index (χ1v) is 7.24. The van der Waals surface area contributed by atoms with Gasteiger partial charge in [0.15, 0.2) is 0 Å². The van der Waals surface area contributed by atoms with Crippen LogP contribution in [0.5, 0.6) is 0 Å². The summed E-state index contributed by atoms with van der Waals surface area (Å²) in [5.41, 5.74) is 1.09. The van der Waals surface area contributed by atoms with Crippen LogP contribution < -0.4 is 0 Å². The quantitative estimate of drug-likeness (QED) is 0.705. The van der Waals surface area contributed by atoms with Crippen molar-refractivity contribution < 1.29 is 19.8 Å². The number of amides is 1. The Balaban J connectivity index is 2.00. The monoisotopic (exact) mass is 269 g/mol. The van der Waals surface area contributed by atoms with E-state index in [0.29, 0.717) is 0 Å². The molecule has 0 aliphatic carbocycles. The number of carboxylic acids is 1. The molecule has 98 valence electrons. The molecule has 0 aromatic carbocycles. The largest absolute Gasteiger partial charge is 0.477 e. The van der Waals surface area contributed by atoms with Gasteiger partial charge in [0.1, 0.15) is 5.70 Å². The zero-order valence-corrected chi connectivity index (χ0v) is 10.8. The lowest BCUT2D eigenvalue weighted by Gasteiger charge is -2.47. The molecule has 4 atom stereocenters. The highest BCUT2D eigenvalue weighted by Gasteiger charge is 2.61. The molecular weight excluding hydrogens is 254 g/mol. The molecule has 3 rings (SSSR count). The Bertz CT molecular complexity index is 459. The van der Waals surface area contributed by atoms with Crippen molar-refractivity contribution in [3.05, 3.63) is 11.3 Å². The van der Waals surface area contributed by atoms with E-state index in [1.165, 1.54) is 4.90 Å². The summed E-state index contributed by atoms with van der Waals surface area (Å²) in [5, 5.41) is 19.0. The van der Waals surface area contributed by atoms with Gasteiger partial charge in [-0.1, -0.05) is 0 Å². The minimum Gasteiger partial charge on any atom is -0.477 e. The van der Waals surface area contributed by atoms with Crippen molar-refractivity contribution in [1.82, 2.24) is 4.90 Å². The zero-order valence-electron chi connectivity index (χ0n) is 10.00. The third-order valence-electron chi connectivity index (χ3n) is 4.13. The molecule has 0 saturated carbocycles. The minimum atomic E-state index is -1.01. The van der Waals surface area contributed by atoms with Crippen LogP contribution in [0.2, 0.25) is 0 Å². The molecule has 3 heterocycles. The number of thioether (sulfide) groups is 1. The van der Waals surface area contributed by atoms with Crippen molar-refractivity contribution in [2.45, 2.75) is 25.5 Å². The van der Waals surface area contributed by atoms with Gasteiger partial charge in [-0.15, -0.1) is 0 Å². The summed E-state index contributed by atoms with van der Waals surface area (Å²) in [5.74, 6) is 0.203. The summed E-state index contributed by atoms with van der Waals surface area (Å²) >= 11 is 1.79. The number of rotatable bonds is 2. The number of hydrogen-bond donors (Lipinski definition) is 2. The molecule has 0 aromatic heterocycles. The maximum atomic E-state index is 12.0. The van der Waals surface area contributed by atoms with E-state index >= 15 is 0 Å². The molecule has 2 N–H and O–H groups in total. The summed E-state index contributed by atoms with van der Waals surface area (Å²) in [6.45, 7) is 1.61. The lowest BCUT2D eigenvalue weighted by Crippen LogP contribution is -2.64. The van der Waals surface area contributed by atoms with Crippen LogP contribution in [0, 0.1) is 11.8 Å². The SMILES string of the molecule is C[C@@H](O)[C@H]1C(=O)N2C(C(=O)O)=C3CCSC[C@@H]3[C@H]12. The first-order chi connectivity index (χ1) is 8.54. The van der Waals surface area contributed by atoms with E-state index in [-0.39, 0.29) is 23.6 Å². The van der Waals surface area contributed by atoms with Crippen LogP contribution >= 0.6 is 11.8 Å². The van der Waals surface area contributed by atoms with Gasteiger partial charge < -0.3 is 15.1 Å². The molecular formula is C12H15NO4S. The van der Waals surface area contributed by atoms with E-state index in [4.69, 9.17) is 0 Å². The maximum Gasteiger partial charge on any atom is 0.352 e. The lowest BCUT2D eigenvalue weighted by molar-refractivity contribution is -0.163. The molecule has 3 aliphatic heterocycles. The van der Waals surface area contributed by atoms with Crippen LogP contribution in [0.15, 0.2) is 11.3 Å². The zero-order chi connectivity index (χ0) is 13.0. The van der Waals surface area contributed by atoms with Crippen LogP contribution in [0.1, 0.15) is 13.3 Å². The molecule has 5 nitrogen and oxygen atoms in total. The van der Waals surface area contributed by atoms with E-state index in [9.17, 15) is 19.8 Å². The number of fused-ring (bicyclic) bond motifs is 3. The Morgan fingerprint density at radius 3 is 2.89 bits per heavy atom. The van der Waals surface area contributed by atoms with Gasteiger partial charge in [-0.2, -0.15) is 11.8 Å². The fourth-order valence-electron chi connectivity index (χ4n) is 3.39. The molecule has 2 saturated heterocycles. The van der Waals surface area contributed by atoms with Crippen molar-refractivity contribution in [3.8, 4) is 0 Å². The molecule has 18 heavy (non-hydrogen) atoms. The Kier molecular flexibility index (Phi) is 2.67. The second-order valence-corrected chi connectivity index (χ2v) is 6.23. The summed E-state index contributed by atoms with van der Waals surface area (Å²) in [6, 6.07) is -0.133. The van der Waals surface area contributed by atoms with Gasteiger partial charge in [0, 0.05) is 11.7 Å². The van der Waals surface area contributed by atoms with Gasteiger partial charge in [0.05, 0.1) is 18.1 Å². The van der Waals surface area contributed by atoms with Crippen LogP contribution in [0.3, 0.4) is 0 Å². The fourth-order valence-corrected chi connectivity index (χ4v) is 4.57. The number of carbonyl (C=O) groups is 2. The third-order valence-corrected chi connectivity index (χ3v) is 5.22. The highest BCUT2D eigenvalue weighted by molar-refractivity contribution is 7.99. The van der Waals surface area contributed by atoms with Gasteiger partial charge in [-0.05, 0) is 24.7 Å². The average Bonchev–Trinajstić information content (AvgIpc) is 2.60. The number of β-lactam (4-membered cyclic amide) rings is 1. The highest BCUT2D eigenvalue weighted by Crippen LogP contribution is 2.51. The fraction of sp³-hybridized carbons (Fsp3) is 0.667. The molecule has 3 aliphatic rings. The van der Waals surface area contributed by atoms with E-state index in [2.05, 4.69) is 0 Å². The Morgan fingerprint density at radius 2 is 2.28 bits per heavy atom. The molecule has 6 heteroatoms. The summed E-state index contributed by atoms with van der Waals surface area (Å²) in [6.07, 6.45) is 0.0316. The smallest absolute Gasteiger partial charge is 0.352 e. The van der Waals surface area contributed by atoms with Crippen molar-refractivity contribution in [1.29, 1.82) is 0 Å². The van der Waals surface area contributed by atoms with Crippen molar-refractivity contribution in [3.63, 3.8) is 0 Å². The Labute approximate surface area is 109 Å². The minimum absolute atomic E-state index is 0.118. The van der Waals surface area contributed by atoms with Gasteiger partial charge in [0.2, 0.25) is 5.91 Å². The van der Waals surface area contributed by atoms with E-state index < -0.39 is 18.0 Å². The average molecular weight is 269 g/mol. The van der Waals surface area contributed by atoms with Gasteiger partial charge in [0.25, 0.3) is 0 Å². The summed E-state index contributed by atoms with van der Waals surface area (Å²) < 4.78 is 0. The van der Waals surface area contributed by atoms with Crippen LogP contribution in [-0.2, 0) is 9.59 Å². The van der Waals surface area contributed by atoms with Crippen LogP contribution in [-0.4, -0.2) is 50.6 Å². The number of hydrogen-bond acceptors (Lipinski definition) is 4. The van der Waals surface area contributed by atoms with E-state index in [1.54, 1.807) is 18.7 Å². The molecule has 0 bridgehead atoms. The first-order valence-electron chi connectivity index (χ1n) is 6.09. The number of aliphatic hydroxyl groups excluding tert-OH is 1. The Hall–Kier alpha value is -1.01. The van der Waals surface area contributed by atoms with Crippen molar-refractivity contribution >= 4 is 23.6 Å². The molecule has 0 aromatic rings. The topological polar surface area (TPSA) is 77.8 Å². The number of carboxylic acid groups (broad SMARTS) is 1. The summed E-state index contributed by atoms with van der Waals surface area (Å²) in [4.78, 5) is 24.8. The lowest BCUT2D eigenvalue weighted by atomic mass is 9.77. The standard InChI is InChI=1S/C12H15NO4S/c1-5(14)8-9-7-4-18-3-2-6(7)10(12(16)17)13(9)11(8)15/h5,7-9,14H,2-4H2,1H3,(H,16,17)/t5-,7+,8-,9-/m1/s1. The van der Waals surface area contributed by atoms with Crippen LogP contribution in [0.25, 0.3) is 0 Å². The highest BCUT2D eigenvalue weighted by atomic mass is 32.2. The second kappa shape index (κ2) is 3.99. The van der Waals surface area contributed by atoms with Crippen molar-refractivity contribution in [2.24, 2.45) is 11.8 Å². The summed E-state index contributed by atoms with van der Waals surface area (Å²) in [7, 11) is 0. The van der Waals surface area contributed by atoms with Gasteiger partial charge >= 0.3 is 5.97 Å². The first kappa shape index (κ1) is 12.0. The second-order valence-electron chi connectivity index (χ2n) is 5.08. The number of nitrogens with zero attached hydrogens (tertiary/aromatic N) is 1. The molecule has 0 unspecified atom stereocenters. The number of aliphatic hydroxyl groups is 1. The number of carbonyl (C=O) groups excluding carboxylic acids is 1. The molecule has 2 fully saturated rings. The van der Waals surface area contributed by atoms with Gasteiger partial charge in [-0.3, -0.25) is 4.79 Å². The van der Waals surface area contributed by atoms with E-state index in [1.807, 2.05) is 0 Å². The molecule has 0 radical (unpaired) electrons. The number of aliphatic carboxylic acids is 1. The van der Waals surface area contributed by atoms with Crippen LogP contribution in [0.4, 0.5) is 0 Å².